The van der Waals surface area contributed by atoms with Crippen molar-refractivity contribution in [3.8, 4) is 11.5 Å². The van der Waals surface area contributed by atoms with Gasteiger partial charge in [0.15, 0.2) is 0 Å². The number of carbonyl (C=O) groups excluding carboxylic acids is 1. The van der Waals surface area contributed by atoms with Crippen LogP contribution in [0.4, 0.5) is 0 Å². The summed E-state index contributed by atoms with van der Waals surface area (Å²) in [5, 5.41) is 3.97. The summed E-state index contributed by atoms with van der Waals surface area (Å²) in [6.07, 6.45) is 4.65. The van der Waals surface area contributed by atoms with E-state index < -0.39 is 0 Å². The van der Waals surface area contributed by atoms with Crippen molar-refractivity contribution in [2.75, 3.05) is 13.2 Å². The van der Waals surface area contributed by atoms with Crippen LogP contribution >= 0.6 is 0 Å². The number of pyridine rings is 1. The van der Waals surface area contributed by atoms with Gasteiger partial charge < -0.3 is 9.47 Å². The maximum absolute atomic E-state index is 11.9. The molecule has 1 aromatic heterocycles. The number of ether oxygens (including phenoxy) is 2. The molecular formula is C17H19N3O3. The van der Waals surface area contributed by atoms with Crippen LogP contribution in [0.15, 0.2) is 47.8 Å². The third-order valence-corrected chi connectivity index (χ3v) is 2.91. The van der Waals surface area contributed by atoms with Gasteiger partial charge >= 0.3 is 0 Å². The van der Waals surface area contributed by atoms with Gasteiger partial charge in [-0.05, 0) is 38.1 Å². The molecule has 0 fully saturated rings. The second kappa shape index (κ2) is 8.53. The maximum atomic E-state index is 11.9. The number of hydrogen-bond donors (Lipinski definition) is 1. The number of nitrogens with zero attached hydrogens (tertiary/aromatic N) is 2. The smallest absolute Gasteiger partial charge is 0.271 e. The lowest BCUT2D eigenvalue weighted by atomic mass is 10.2. The lowest BCUT2D eigenvalue weighted by Crippen LogP contribution is -2.17. The highest BCUT2D eigenvalue weighted by Crippen LogP contribution is 2.23. The van der Waals surface area contributed by atoms with E-state index in [1.807, 2.05) is 26.0 Å². The molecule has 23 heavy (non-hydrogen) atoms. The average molecular weight is 313 g/mol. The van der Waals surface area contributed by atoms with Crippen molar-refractivity contribution in [3.05, 3.63) is 53.9 Å². The molecule has 0 atom stereocenters. The number of amides is 1. The van der Waals surface area contributed by atoms with Gasteiger partial charge in [-0.15, -0.1) is 0 Å². The van der Waals surface area contributed by atoms with Crippen molar-refractivity contribution in [1.82, 2.24) is 10.4 Å². The Bertz CT molecular complexity index is 672. The number of hydrogen-bond acceptors (Lipinski definition) is 5. The third kappa shape index (κ3) is 4.81. The molecule has 0 bridgehead atoms. The summed E-state index contributed by atoms with van der Waals surface area (Å²) < 4.78 is 11.0. The van der Waals surface area contributed by atoms with Crippen molar-refractivity contribution in [3.63, 3.8) is 0 Å². The van der Waals surface area contributed by atoms with Crippen molar-refractivity contribution in [2.24, 2.45) is 5.10 Å². The van der Waals surface area contributed by atoms with Crippen LogP contribution in [0.5, 0.6) is 11.5 Å². The number of carbonyl (C=O) groups is 1. The molecule has 0 spiro atoms. The van der Waals surface area contributed by atoms with E-state index in [1.54, 1.807) is 36.8 Å². The minimum atomic E-state index is -0.299. The molecule has 1 N–H and O–H groups in total. The standard InChI is InChI=1S/C17H19N3O3/c1-3-22-15-6-5-14(16(11-15)23-4-2)12-19-20-17(21)13-7-9-18-10-8-13/h5-12H,3-4H2,1-2H3,(H,20,21)/b19-12-. The Morgan fingerprint density at radius 1 is 1.17 bits per heavy atom. The predicted molar refractivity (Wildman–Crippen MR) is 88.1 cm³/mol. The van der Waals surface area contributed by atoms with E-state index >= 15 is 0 Å². The average Bonchev–Trinajstić information content (AvgIpc) is 2.58. The predicted octanol–water partition coefficient (Wildman–Crippen LogP) is 2.64. The number of rotatable bonds is 7. The summed E-state index contributed by atoms with van der Waals surface area (Å²) in [6, 6.07) is 8.70. The third-order valence-electron chi connectivity index (χ3n) is 2.91. The van der Waals surface area contributed by atoms with Gasteiger partial charge in [-0.2, -0.15) is 5.10 Å². The highest BCUT2D eigenvalue weighted by molar-refractivity contribution is 5.94. The molecule has 0 aliphatic carbocycles. The Morgan fingerprint density at radius 2 is 1.91 bits per heavy atom. The van der Waals surface area contributed by atoms with E-state index in [2.05, 4.69) is 15.5 Å². The lowest BCUT2D eigenvalue weighted by Gasteiger charge is -2.10. The summed E-state index contributed by atoms with van der Waals surface area (Å²) >= 11 is 0. The van der Waals surface area contributed by atoms with Crippen LogP contribution in [-0.2, 0) is 0 Å². The van der Waals surface area contributed by atoms with Gasteiger partial charge in [-0.25, -0.2) is 5.43 Å². The van der Waals surface area contributed by atoms with E-state index in [0.717, 1.165) is 11.3 Å². The summed E-state index contributed by atoms with van der Waals surface area (Å²) in [7, 11) is 0. The fraction of sp³-hybridized carbons (Fsp3) is 0.235. The van der Waals surface area contributed by atoms with Crippen LogP contribution in [0.3, 0.4) is 0 Å². The van der Waals surface area contributed by atoms with Gasteiger partial charge in [0.2, 0.25) is 0 Å². The molecule has 6 nitrogen and oxygen atoms in total. The second-order valence-electron chi connectivity index (χ2n) is 4.50. The van der Waals surface area contributed by atoms with Crippen LogP contribution in [-0.4, -0.2) is 30.3 Å². The molecule has 0 saturated carbocycles. The molecule has 0 aliphatic rings. The first-order valence-corrected chi connectivity index (χ1v) is 7.37. The van der Waals surface area contributed by atoms with Crippen molar-refractivity contribution in [1.29, 1.82) is 0 Å². The molecule has 0 aliphatic heterocycles. The first-order valence-electron chi connectivity index (χ1n) is 7.37. The number of benzene rings is 1. The van der Waals surface area contributed by atoms with Gasteiger partial charge in [0.25, 0.3) is 5.91 Å². The second-order valence-corrected chi connectivity index (χ2v) is 4.50. The Labute approximate surface area is 135 Å². The SMILES string of the molecule is CCOc1ccc(/C=N\NC(=O)c2ccncc2)c(OCC)c1. The van der Waals surface area contributed by atoms with Crippen molar-refractivity contribution < 1.29 is 14.3 Å². The monoisotopic (exact) mass is 313 g/mol. The first kappa shape index (κ1) is 16.5. The van der Waals surface area contributed by atoms with E-state index in [0.29, 0.717) is 24.5 Å². The van der Waals surface area contributed by atoms with Crippen molar-refractivity contribution >= 4 is 12.1 Å². The molecule has 0 unspecified atom stereocenters. The molecule has 2 rings (SSSR count). The Balaban J connectivity index is 2.07. The highest BCUT2D eigenvalue weighted by Gasteiger charge is 2.05. The van der Waals surface area contributed by atoms with Gasteiger partial charge in [-0.3, -0.25) is 9.78 Å². The molecule has 2 aromatic rings. The van der Waals surface area contributed by atoms with Gasteiger partial charge in [0, 0.05) is 29.6 Å². The Hall–Kier alpha value is -2.89. The van der Waals surface area contributed by atoms with Crippen LogP contribution in [0.25, 0.3) is 0 Å². The normalized spacial score (nSPS) is 10.5. The lowest BCUT2D eigenvalue weighted by molar-refractivity contribution is 0.0955. The molecule has 0 radical (unpaired) electrons. The quantitative estimate of drug-likeness (QED) is 0.630. The van der Waals surface area contributed by atoms with Crippen LogP contribution in [0.2, 0.25) is 0 Å². The van der Waals surface area contributed by atoms with Crippen LogP contribution in [0.1, 0.15) is 29.8 Å². The number of nitrogens with one attached hydrogen (secondary N) is 1. The summed E-state index contributed by atoms with van der Waals surface area (Å²) in [5.74, 6) is 1.09. The number of hydrazone groups is 1. The van der Waals surface area contributed by atoms with Crippen molar-refractivity contribution in [2.45, 2.75) is 13.8 Å². The maximum Gasteiger partial charge on any atom is 0.271 e. The Morgan fingerprint density at radius 3 is 2.61 bits per heavy atom. The fourth-order valence-electron chi connectivity index (χ4n) is 1.89. The summed E-state index contributed by atoms with van der Waals surface area (Å²) in [5.41, 5.74) is 3.72. The molecule has 6 heteroatoms. The zero-order valence-electron chi connectivity index (χ0n) is 13.2. The molecule has 120 valence electrons. The molecule has 1 amide bonds. The topological polar surface area (TPSA) is 72.8 Å². The summed E-state index contributed by atoms with van der Waals surface area (Å²) in [4.78, 5) is 15.7. The van der Waals surface area contributed by atoms with E-state index in [4.69, 9.17) is 9.47 Å². The van der Waals surface area contributed by atoms with Gasteiger partial charge in [-0.1, -0.05) is 0 Å². The summed E-state index contributed by atoms with van der Waals surface area (Å²) in [6.45, 7) is 4.94. The largest absolute Gasteiger partial charge is 0.494 e. The highest BCUT2D eigenvalue weighted by atomic mass is 16.5. The Kier molecular flexibility index (Phi) is 6.11. The van der Waals surface area contributed by atoms with Gasteiger partial charge in [0.05, 0.1) is 19.4 Å². The molecular weight excluding hydrogens is 294 g/mol. The zero-order chi connectivity index (χ0) is 16.5. The van der Waals surface area contributed by atoms with Crippen LogP contribution in [0, 0.1) is 0 Å². The molecule has 1 heterocycles. The fourth-order valence-corrected chi connectivity index (χ4v) is 1.89. The van der Waals surface area contributed by atoms with Gasteiger partial charge in [0.1, 0.15) is 11.5 Å². The van der Waals surface area contributed by atoms with E-state index in [-0.39, 0.29) is 5.91 Å². The first-order chi connectivity index (χ1) is 11.2. The minimum absolute atomic E-state index is 0.299. The molecule has 0 saturated heterocycles. The van der Waals surface area contributed by atoms with E-state index in [9.17, 15) is 4.79 Å². The van der Waals surface area contributed by atoms with E-state index in [1.165, 1.54) is 0 Å². The molecule has 1 aromatic carbocycles. The minimum Gasteiger partial charge on any atom is -0.494 e. The zero-order valence-corrected chi connectivity index (χ0v) is 13.2. The number of aromatic nitrogens is 1. The van der Waals surface area contributed by atoms with Crippen LogP contribution < -0.4 is 14.9 Å².